The number of carbonyl (C=O) groups is 1. The minimum Gasteiger partial charge on any atom is -0.451 e. The molecule has 0 unspecified atom stereocenters. The first-order valence-corrected chi connectivity index (χ1v) is 9.98. The Balaban J connectivity index is 1.76. The normalized spacial score (nSPS) is 16.2. The SMILES string of the molecule is O=C(OC1(c2ccccc2)CCNCC1)C(O)(c1ccccc1)c1ccccc1. The first-order valence-electron chi connectivity index (χ1n) is 9.98. The summed E-state index contributed by atoms with van der Waals surface area (Å²) in [5.41, 5.74) is -0.698. The standard InChI is InChI=1S/C25H25NO3/c27-23(29-24(16-18-26-19-17-24)20-10-4-1-5-11-20)25(28,21-12-6-2-7-13-21)22-14-8-3-9-15-22/h1-15,26,28H,16-19H2. The molecule has 3 aromatic carbocycles. The number of piperidine rings is 1. The molecule has 148 valence electrons. The number of hydrogen-bond acceptors (Lipinski definition) is 4. The predicted molar refractivity (Wildman–Crippen MR) is 112 cm³/mol. The minimum absolute atomic E-state index is 0.494. The van der Waals surface area contributed by atoms with Crippen molar-refractivity contribution in [3.05, 3.63) is 108 Å². The quantitative estimate of drug-likeness (QED) is 0.655. The van der Waals surface area contributed by atoms with Crippen LogP contribution in [0.5, 0.6) is 0 Å². The number of benzene rings is 3. The molecule has 0 saturated carbocycles. The van der Waals surface area contributed by atoms with E-state index in [4.69, 9.17) is 4.74 Å². The van der Waals surface area contributed by atoms with Gasteiger partial charge in [-0.25, -0.2) is 4.79 Å². The van der Waals surface area contributed by atoms with Gasteiger partial charge in [0.05, 0.1) is 0 Å². The van der Waals surface area contributed by atoms with Gasteiger partial charge in [0.2, 0.25) is 5.60 Å². The van der Waals surface area contributed by atoms with E-state index >= 15 is 0 Å². The summed E-state index contributed by atoms with van der Waals surface area (Å²) >= 11 is 0. The summed E-state index contributed by atoms with van der Waals surface area (Å²) < 4.78 is 6.21. The van der Waals surface area contributed by atoms with Gasteiger partial charge in [0.1, 0.15) is 5.60 Å². The van der Waals surface area contributed by atoms with Crippen LogP contribution in [0, 0.1) is 0 Å². The highest BCUT2D eigenvalue weighted by atomic mass is 16.6. The van der Waals surface area contributed by atoms with E-state index in [0.717, 1.165) is 18.7 Å². The number of carbonyl (C=O) groups excluding carboxylic acids is 1. The van der Waals surface area contributed by atoms with Crippen molar-refractivity contribution >= 4 is 5.97 Å². The van der Waals surface area contributed by atoms with E-state index in [1.807, 2.05) is 66.7 Å². The molecule has 4 nitrogen and oxygen atoms in total. The van der Waals surface area contributed by atoms with Crippen molar-refractivity contribution in [3.8, 4) is 0 Å². The lowest BCUT2D eigenvalue weighted by Crippen LogP contribution is -2.48. The Morgan fingerprint density at radius 1 is 0.793 bits per heavy atom. The van der Waals surface area contributed by atoms with Gasteiger partial charge in [-0.05, 0) is 29.8 Å². The van der Waals surface area contributed by atoms with Crippen molar-refractivity contribution < 1.29 is 14.6 Å². The monoisotopic (exact) mass is 387 g/mol. The van der Waals surface area contributed by atoms with Crippen LogP contribution in [0.4, 0.5) is 0 Å². The molecule has 1 aliphatic heterocycles. The third-order valence-electron chi connectivity index (χ3n) is 5.68. The molecule has 4 heteroatoms. The largest absolute Gasteiger partial charge is 0.451 e. The summed E-state index contributed by atoms with van der Waals surface area (Å²) in [6, 6.07) is 27.8. The number of esters is 1. The third kappa shape index (κ3) is 3.69. The Morgan fingerprint density at radius 2 is 1.24 bits per heavy atom. The van der Waals surface area contributed by atoms with Gasteiger partial charge in [-0.3, -0.25) is 0 Å². The van der Waals surface area contributed by atoms with E-state index in [9.17, 15) is 9.90 Å². The molecule has 0 amide bonds. The molecule has 0 atom stereocenters. The lowest BCUT2D eigenvalue weighted by Gasteiger charge is -2.40. The number of ether oxygens (including phenoxy) is 1. The van der Waals surface area contributed by atoms with Gasteiger partial charge in [0.25, 0.3) is 0 Å². The molecule has 4 rings (SSSR count). The van der Waals surface area contributed by atoms with Crippen LogP contribution < -0.4 is 5.32 Å². The van der Waals surface area contributed by atoms with Crippen LogP contribution in [0.1, 0.15) is 29.5 Å². The van der Waals surface area contributed by atoms with Crippen LogP contribution >= 0.6 is 0 Å². The second-order valence-corrected chi connectivity index (χ2v) is 7.44. The Hall–Kier alpha value is -2.95. The zero-order chi connectivity index (χ0) is 20.2. The summed E-state index contributed by atoms with van der Waals surface area (Å²) in [6.45, 7) is 1.49. The molecule has 1 fully saturated rings. The number of nitrogens with one attached hydrogen (secondary N) is 1. The van der Waals surface area contributed by atoms with Crippen LogP contribution in [-0.2, 0) is 20.7 Å². The molecule has 0 bridgehead atoms. The Morgan fingerprint density at radius 3 is 1.72 bits per heavy atom. The van der Waals surface area contributed by atoms with E-state index in [2.05, 4.69) is 5.32 Å². The minimum atomic E-state index is -1.88. The van der Waals surface area contributed by atoms with Gasteiger partial charge >= 0.3 is 5.97 Å². The lowest BCUT2D eigenvalue weighted by molar-refractivity contribution is -0.183. The molecule has 0 radical (unpaired) electrons. The molecular weight excluding hydrogens is 362 g/mol. The number of hydrogen-bond donors (Lipinski definition) is 2. The van der Waals surface area contributed by atoms with E-state index < -0.39 is 17.2 Å². The van der Waals surface area contributed by atoms with Crippen molar-refractivity contribution in [2.24, 2.45) is 0 Å². The first-order chi connectivity index (χ1) is 14.2. The maximum absolute atomic E-state index is 13.6. The summed E-state index contributed by atoms with van der Waals surface area (Å²) in [6.07, 6.45) is 1.31. The molecule has 1 saturated heterocycles. The topological polar surface area (TPSA) is 58.6 Å². The fourth-order valence-electron chi connectivity index (χ4n) is 4.03. The molecule has 2 N–H and O–H groups in total. The maximum Gasteiger partial charge on any atom is 0.348 e. The fraction of sp³-hybridized carbons (Fsp3) is 0.240. The van der Waals surface area contributed by atoms with Gasteiger partial charge in [-0.1, -0.05) is 91.0 Å². The molecule has 0 aromatic heterocycles. The fourth-order valence-corrected chi connectivity index (χ4v) is 4.03. The molecule has 29 heavy (non-hydrogen) atoms. The van der Waals surface area contributed by atoms with Crippen LogP contribution in [-0.4, -0.2) is 24.2 Å². The Bertz CT molecular complexity index is 896. The van der Waals surface area contributed by atoms with E-state index in [0.29, 0.717) is 24.0 Å². The Labute approximate surface area is 171 Å². The summed E-state index contributed by atoms with van der Waals surface area (Å²) in [5, 5.41) is 15.1. The van der Waals surface area contributed by atoms with Crippen molar-refractivity contribution in [2.75, 3.05) is 13.1 Å². The molecule has 1 aliphatic rings. The van der Waals surface area contributed by atoms with Gasteiger partial charge < -0.3 is 15.2 Å². The zero-order valence-electron chi connectivity index (χ0n) is 16.3. The van der Waals surface area contributed by atoms with Gasteiger partial charge in [-0.15, -0.1) is 0 Å². The van der Waals surface area contributed by atoms with Crippen LogP contribution in [0.25, 0.3) is 0 Å². The molecule has 1 heterocycles. The molecule has 0 spiro atoms. The molecular formula is C25H25NO3. The first kappa shape index (κ1) is 19.4. The zero-order valence-corrected chi connectivity index (χ0v) is 16.3. The Kier molecular flexibility index (Phi) is 5.47. The highest BCUT2D eigenvalue weighted by Gasteiger charge is 2.47. The van der Waals surface area contributed by atoms with E-state index in [1.54, 1.807) is 24.3 Å². The highest BCUT2D eigenvalue weighted by molar-refractivity contribution is 5.86. The van der Waals surface area contributed by atoms with E-state index in [1.165, 1.54) is 0 Å². The van der Waals surface area contributed by atoms with Crippen molar-refractivity contribution in [1.29, 1.82) is 0 Å². The van der Waals surface area contributed by atoms with Crippen molar-refractivity contribution in [3.63, 3.8) is 0 Å². The summed E-state index contributed by atoms with van der Waals surface area (Å²) in [5.74, 6) is -0.652. The predicted octanol–water partition coefficient (Wildman–Crippen LogP) is 3.74. The number of rotatable bonds is 5. The average Bonchev–Trinajstić information content (AvgIpc) is 2.81. The maximum atomic E-state index is 13.6. The van der Waals surface area contributed by atoms with E-state index in [-0.39, 0.29) is 0 Å². The third-order valence-corrected chi connectivity index (χ3v) is 5.68. The van der Waals surface area contributed by atoms with Crippen molar-refractivity contribution in [1.82, 2.24) is 5.32 Å². The second-order valence-electron chi connectivity index (χ2n) is 7.44. The van der Waals surface area contributed by atoms with Gasteiger partial charge in [0.15, 0.2) is 0 Å². The summed E-state index contributed by atoms with van der Waals surface area (Å²) in [7, 11) is 0. The molecule has 0 aliphatic carbocycles. The van der Waals surface area contributed by atoms with Crippen LogP contribution in [0.15, 0.2) is 91.0 Å². The van der Waals surface area contributed by atoms with Gasteiger partial charge in [0, 0.05) is 12.8 Å². The molecule has 3 aromatic rings. The van der Waals surface area contributed by atoms with Crippen LogP contribution in [0.2, 0.25) is 0 Å². The van der Waals surface area contributed by atoms with Crippen molar-refractivity contribution in [2.45, 2.75) is 24.0 Å². The van der Waals surface area contributed by atoms with Crippen LogP contribution in [0.3, 0.4) is 0 Å². The lowest BCUT2D eigenvalue weighted by atomic mass is 9.83. The van der Waals surface area contributed by atoms with Gasteiger partial charge in [-0.2, -0.15) is 0 Å². The summed E-state index contributed by atoms with van der Waals surface area (Å²) in [4.78, 5) is 13.6. The smallest absolute Gasteiger partial charge is 0.348 e. The second kappa shape index (κ2) is 8.19. The average molecular weight is 387 g/mol. The number of aliphatic hydroxyl groups is 1. The highest BCUT2D eigenvalue weighted by Crippen LogP contribution is 2.39.